The molecule has 1 N–H and O–H groups in total. The molecule has 0 bridgehead atoms. The highest BCUT2D eigenvalue weighted by Crippen LogP contribution is 2.11. The molecule has 130 valence electrons. The van der Waals surface area contributed by atoms with Gasteiger partial charge in [-0.15, -0.1) is 0 Å². The van der Waals surface area contributed by atoms with E-state index in [-0.39, 0.29) is 5.91 Å². The number of halogens is 1. The second-order valence-electron chi connectivity index (χ2n) is 6.45. The molecule has 2 aromatic rings. The van der Waals surface area contributed by atoms with Gasteiger partial charge in [-0.2, -0.15) is 0 Å². The standard InChI is InChI=1S/C21H23ClN2O/c22-20-10-8-19(9-11-20)17-21(25)24-15-13-23(14-16-24)12-4-7-18-5-2-1-3-6-18/h1-11H,12-17H2/p+1. The number of quaternary nitrogens is 1. The highest BCUT2D eigenvalue weighted by atomic mass is 35.5. The summed E-state index contributed by atoms with van der Waals surface area (Å²) in [4.78, 5) is 15.9. The van der Waals surface area contributed by atoms with Crippen LogP contribution >= 0.6 is 11.6 Å². The maximum absolute atomic E-state index is 12.4. The number of amides is 1. The van der Waals surface area contributed by atoms with E-state index in [0.717, 1.165) is 38.3 Å². The fraction of sp³-hybridized carbons (Fsp3) is 0.286. The van der Waals surface area contributed by atoms with Crippen LogP contribution < -0.4 is 4.90 Å². The number of hydrogen-bond acceptors (Lipinski definition) is 1. The Hall–Kier alpha value is -2.10. The molecule has 1 amide bonds. The molecule has 1 saturated heterocycles. The van der Waals surface area contributed by atoms with Crippen LogP contribution in [0.2, 0.25) is 5.02 Å². The first kappa shape index (κ1) is 17.7. The number of nitrogens with zero attached hydrogens (tertiary/aromatic N) is 1. The van der Waals surface area contributed by atoms with Crippen LogP contribution in [0.15, 0.2) is 60.7 Å². The van der Waals surface area contributed by atoms with E-state index in [0.29, 0.717) is 11.4 Å². The molecule has 0 unspecified atom stereocenters. The SMILES string of the molecule is O=C(Cc1ccc(Cl)cc1)N1CC[NH+](CC=Cc2ccccc2)CC1. The normalized spacial score (nSPS) is 15.6. The van der Waals surface area contributed by atoms with Gasteiger partial charge in [0.15, 0.2) is 0 Å². The van der Waals surface area contributed by atoms with Gasteiger partial charge < -0.3 is 9.80 Å². The Kier molecular flexibility index (Phi) is 6.26. The van der Waals surface area contributed by atoms with Crippen molar-refractivity contribution in [3.63, 3.8) is 0 Å². The summed E-state index contributed by atoms with van der Waals surface area (Å²) >= 11 is 5.89. The van der Waals surface area contributed by atoms with Crippen molar-refractivity contribution in [2.45, 2.75) is 6.42 Å². The Bertz CT molecular complexity index is 704. The lowest BCUT2D eigenvalue weighted by atomic mass is 10.1. The predicted molar refractivity (Wildman–Crippen MR) is 103 cm³/mol. The highest BCUT2D eigenvalue weighted by Gasteiger charge is 2.22. The van der Waals surface area contributed by atoms with Crippen LogP contribution in [0.25, 0.3) is 6.08 Å². The van der Waals surface area contributed by atoms with E-state index in [2.05, 4.69) is 36.4 Å². The molecule has 1 aliphatic heterocycles. The average Bonchev–Trinajstić information content (AvgIpc) is 2.65. The number of carbonyl (C=O) groups excluding carboxylic acids is 1. The molecule has 3 nitrogen and oxygen atoms in total. The van der Waals surface area contributed by atoms with Gasteiger partial charge in [0.05, 0.1) is 39.1 Å². The lowest BCUT2D eigenvalue weighted by Crippen LogP contribution is -3.14. The van der Waals surface area contributed by atoms with E-state index >= 15 is 0 Å². The molecule has 1 fully saturated rings. The quantitative estimate of drug-likeness (QED) is 0.874. The van der Waals surface area contributed by atoms with Crippen molar-refractivity contribution in [3.05, 3.63) is 76.8 Å². The first-order valence-corrected chi connectivity index (χ1v) is 9.16. The molecule has 0 atom stereocenters. The van der Waals surface area contributed by atoms with Crippen LogP contribution in [0.1, 0.15) is 11.1 Å². The molecule has 3 rings (SSSR count). The summed E-state index contributed by atoms with van der Waals surface area (Å²) in [5.74, 6) is 0.209. The zero-order valence-corrected chi connectivity index (χ0v) is 15.1. The third-order valence-corrected chi connectivity index (χ3v) is 4.86. The summed E-state index contributed by atoms with van der Waals surface area (Å²) in [5.41, 5.74) is 2.26. The summed E-state index contributed by atoms with van der Waals surface area (Å²) in [6.07, 6.45) is 4.86. The maximum atomic E-state index is 12.4. The van der Waals surface area contributed by atoms with Crippen LogP contribution in [-0.4, -0.2) is 43.5 Å². The van der Waals surface area contributed by atoms with Crippen LogP contribution in [0.4, 0.5) is 0 Å². The van der Waals surface area contributed by atoms with Gasteiger partial charge in [0.2, 0.25) is 5.91 Å². The van der Waals surface area contributed by atoms with E-state index in [1.807, 2.05) is 35.2 Å². The highest BCUT2D eigenvalue weighted by molar-refractivity contribution is 6.30. The smallest absolute Gasteiger partial charge is 0.227 e. The lowest BCUT2D eigenvalue weighted by molar-refractivity contribution is -0.898. The third-order valence-electron chi connectivity index (χ3n) is 4.61. The van der Waals surface area contributed by atoms with Gasteiger partial charge in [0, 0.05) is 5.02 Å². The second kappa shape index (κ2) is 8.84. The van der Waals surface area contributed by atoms with Crippen molar-refractivity contribution in [1.82, 2.24) is 4.90 Å². The number of piperazine rings is 1. The summed E-state index contributed by atoms with van der Waals surface area (Å²) < 4.78 is 0. The molecule has 0 radical (unpaired) electrons. The number of nitrogens with one attached hydrogen (secondary N) is 1. The van der Waals surface area contributed by atoms with Gasteiger partial charge in [0.25, 0.3) is 0 Å². The monoisotopic (exact) mass is 355 g/mol. The molecule has 2 aromatic carbocycles. The van der Waals surface area contributed by atoms with Gasteiger partial charge in [-0.25, -0.2) is 0 Å². The van der Waals surface area contributed by atoms with Crippen LogP contribution in [0.5, 0.6) is 0 Å². The largest absolute Gasteiger partial charge is 0.331 e. The first-order valence-electron chi connectivity index (χ1n) is 8.78. The van der Waals surface area contributed by atoms with E-state index in [9.17, 15) is 4.79 Å². The molecule has 4 heteroatoms. The summed E-state index contributed by atoms with van der Waals surface area (Å²) in [6.45, 7) is 4.69. The molecule has 1 aliphatic rings. The predicted octanol–water partition coefficient (Wildman–Crippen LogP) is 2.32. The first-order chi connectivity index (χ1) is 12.2. The van der Waals surface area contributed by atoms with Crippen molar-refractivity contribution < 1.29 is 9.69 Å². The molecule has 0 aliphatic carbocycles. The lowest BCUT2D eigenvalue weighted by Gasteiger charge is -2.31. The summed E-state index contributed by atoms with van der Waals surface area (Å²) in [6, 6.07) is 17.9. The molecule has 1 heterocycles. The van der Waals surface area contributed by atoms with Gasteiger partial charge in [-0.3, -0.25) is 4.79 Å². The number of benzene rings is 2. The third kappa shape index (κ3) is 5.45. The van der Waals surface area contributed by atoms with E-state index in [1.165, 1.54) is 10.5 Å². The van der Waals surface area contributed by atoms with E-state index in [4.69, 9.17) is 11.6 Å². The fourth-order valence-electron chi connectivity index (χ4n) is 3.09. The number of carbonyl (C=O) groups is 1. The van der Waals surface area contributed by atoms with Crippen LogP contribution in [-0.2, 0) is 11.2 Å². The Morgan fingerprint density at radius 1 is 1.04 bits per heavy atom. The van der Waals surface area contributed by atoms with E-state index in [1.54, 1.807) is 0 Å². The van der Waals surface area contributed by atoms with Crippen molar-refractivity contribution in [2.24, 2.45) is 0 Å². The molecule has 0 aromatic heterocycles. The van der Waals surface area contributed by atoms with Gasteiger partial charge >= 0.3 is 0 Å². The number of rotatable bonds is 5. The molecule has 0 saturated carbocycles. The van der Waals surface area contributed by atoms with Crippen molar-refractivity contribution >= 4 is 23.6 Å². The summed E-state index contributed by atoms with van der Waals surface area (Å²) in [7, 11) is 0. The Morgan fingerprint density at radius 2 is 1.72 bits per heavy atom. The van der Waals surface area contributed by atoms with Crippen molar-refractivity contribution in [2.75, 3.05) is 32.7 Å². The summed E-state index contributed by atoms with van der Waals surface area (Å²) in [5, 5.41) is 0.706. The molecular formula is C21H24ClN2O+. The van der Waals surface area contributed by atoms with Crippen molar-refractivity contribution in [1.29, 1.82) is 0 Å². The second-order valence-corrected chi connectivity index (χ2v) is 6.89. The van der Waals surface area contributed by atoms with E-state index < -0.39 is 0 Å². The Morgan fingerprint density at radius 3 is 2.40 bits per heavy atom. The van der Waals surface area contributed by atoms with Crippen LogP contribution in [0.3, 0.4) is 0 Å². The average molecular weight is 356 g/mol. The van der Waals surface area contributed by atoms with Gasteiger partial charge in [-0.05, 0) is 29.3 Å². The molecule has 0 spiro atoms. The number of hydrogen-bond donors (Lipinski definition) is 1. The zero-order chi connectivity index (χ0) is 17.5. The minimum Gasteiger partial charge on any atom is -0.331 e. The van der Waals surface area contributed by atoms with Crippen molar-refractivity contribution in [3.8, 4) is 0 Å². The van der Waals surface area contributed by atoms with Crippen LogP contribution in [0, 0.1) is 0 Å². The fourth-order valence-corrected chi connectivity index (χ4v) is 3.22. The minimum absolute atomic E-state index is 0.209. The zero-order valence-electron chi connectivity index (χ0n) is 14.3. The molecular weight excluding hydrogens is 332 g/mol. The van der Waals surface area contributed by atoms with Gasteiger partial charge in [-0.1, -0.05) is 60.1 Å². The minimum atomic E-state index is 0.209. The molecule has 25 heavy (non-hydrogen) atoms. The Balaban J connectivity index is 1.42. The Labute approximate surface area is 154 Å². The van der Waals surface area contributed by atoms with Gasteiger partial charge in [0.1, 0.15) is 0 Å². The maximum Gasteiger partial charge on any atom is 0.227 e. The topological polar surface area (TPSA) is 24.8 Å².